The molecule has 136 valence electrons. The number of ether oxygens (including phenoxy) is 1. The van der Waals surface area contributed by atoms with E-state index in [-0.39, 0.29) is 11.6 Å². The highest BCUT2D eigenvalue weighted by atomic mass is 16.6. The van der Waals surface area contributed by atoms with Crippen LogP contribution in [0, 0.1) is 0 Å². The number of nitrogens with one attached hydrogen (secondary N) is 1. The fraction of sp³-hybridized carbons (Fsp3) is 0.400. The molecular weight excluding hydrogens is 316 g/mol. The van der Waals surface area contributed by atoms with Crippen LogP contribution in [-0.4, -0.2) is 32.4 Å². The first kappa shape index (κ1) is 20.5. The van der Waals surface area contributed by atoms with E-state index in [2.05, 4.69) is 43.4 Å². The standard InChI is InChI=1S/C20H28N2O3/c1-15(2)9-8-10-16(3)13-14-25-18-12-7-6-11-17(18)19(22-24-5)20(23)21-4/h6-7,9,11-13H,8,10,14H2,1-5H3,(H,21,23)/b16-13+,22-19-. The lowest BCUT2D eigenvalue weighted by Crippen LogP contribution is -2.29. The Bertz CT molecular complexity index is 657. The van der Waals surface area contributed by atoms with Crippen LogP contribution < -0.4 is 10.1 Å². The molecule has 0 heterocycles. The van der Waals surface area contributed by atoms with E-state index in [1.165, 1.54) is 18.3 Å². The van der Waals surface area contributed by atoms with Crippen LogP contribution in [0.4, 0.5) is 0 Å². The fourth-order valence-electron chi connectivity index (χ4n) is 2.18. The van der Waals surface area contributed by atoms with Gasteiger partial charge < -0.3 is 14.9 Å². The first-order chi connectivity index (χ1) is 12.0. The molecule has 0 spiro atoms. The summed E-state index contributed by atoms with van der Waals surface area (Å²) in [5, 5.41) is 6.39. The zero-order chi connectivity index (χ0) is 18.7. The van der Waals surface area contributed by atoms with E-state index < -0.39 is 0 Å². The molecule has 1 N–H and O–H groups in total. The number of oxime groups is 1. The maximum atomic E-state index is 12.0. The van der Waals surface area contributed by atoms with Gasteiger partial charge in [0.25, 0.3) is 5.91 Å². The maximum Gasteiger partial charge on any atom is 0.273 e. The summed E-state index contributed by atoms with van der Waals surface area (Å²) in [4.78, 5) is 16.8. The van der Waals surface area contributed by atoms with E-state index in [1.54, 1.807) is 13.1 Å². The Hall–Kier alpha value is -2.56. The molecule has 5 heteroatoms. The number of hydrogen-bond donors (Lipinski definition) is 1. The van der Waals surface area contributed by atoms with Crippen molar-refractivity contribution in [2.45, 2.75) is 33.6 Å². The summed E-state index contributed by atoms with van der Waals surface area (Å²) in [7, 11) is 2.96. The summed E-state index contributed by atoms with van der Waals surface area (Å²) in [5.41, 5.74) is 3.38. The largest absolute Gasteiger partial charge is 0.489 e. The topological polar surface area (TPSA) is 59.9 Å². The third-order valence-corrected chi connectivity index (χ3v) is 3.53. The second kappa shape index (κ2) is 11.1. The molecule has 25 heavy (non-hydrogen) atoms. The predicted molar refractivity (Wildman–Crippen MR) is 102 cm³/mol. The molecule has 0 radical (unpaired) electrons. The average molecular weight is 344 g/mol. The smallest absolute Gasteiger partial charge is 0.273 e. The Morgan fingerprint density at radius 2 is 1.92 bits per heavy atom. The van der Waals surface area contributed by atoms with Crippen molar-refractivity contribution >= 4 is 11.6 Å². The van der Waals surface area contributed by atoms with Crippen molar-refractivity contribution in [1.82, 2.24) is 5.32 Å². The SMILES string of the molecule is CNC(=O)/C(=N\OC)c1ccccc1OC/C=C(\C)CCC=C(C)C. The molecule has 0 fully saturated rings. The molecule has 0 aliphatic carbocycles. The number of amides is 1. The van der Waals surface area contributed by atoms with Gasteiger partial charge in [-0.15, -0.1) is 0 Å². The maximum absolute atomic E-state index is 12.0. The van der Waals surface area contributed by atoms with Gasteiger partial charge in [-0.2, -0.15) is 0 Å². The Balaban J connectivity index is 2.82. The van der Waals surface area contributed by atoms with Crippen LogP contribution in [0.15, 0.2) is 52.7 Å². The number of carbonyl (C=O) groups is 1. The van der Waals surface area contributed by atoms with Crippen molar-refractivity contribution < 1.29 is 14.4 Å². The van der Waals surface area contributed by atoms with Crippen molar-refractivity contribution in [3.8, 4) is 5.75 Å². The number of para-hydroxylation sites is 1. The third-order valence-electron chi connectivity index (χ3n) is 3.53. The van der Waals surface area contributed by atoms with Crippen LogP contribution >= 0.6 is 0 Å². The van der Waals surface area contributed by atoms with Gasteiger partial charge in [0.1, 0.15) is 19.5 Å². The van der Waals surface area contributed by atoms with Gasteiger partial charge in [-0.1, -0.05) is 34.5 Å². The monoisotopic (exact) mass is 344 g/mol. The highest BCUT2D eigenvalue weighted by molar-refractivity contribution is 6.45. The molecule has 0 atom stereocenters. The first-order valence-corrected chi connectivity index (χ1v) is 8.34. The van der Waals surface area contributed by atoms with E-state index in [4.69, 9.17) is 9.57 Å². The van der Waals surface area contributed by atoms with Crippen LogP contribution in [0.5, 0.6) is 5.75 Å². The predicted octanol–water partition coefficient (Wildman–Crippen LogP) is 3.85. The molecule has 1 amide bonds. The highest BCUT2D eigenvalue weighted by Crippen LogP contribution is 2.20. The minimum atomic E-state index is -0.327. The molecule has 0 aromatic heterocycles. The Morgan fingerprint density at radius 3 is 2.56 bits per heavy atom. The molecular formula is C20H28N2O3. The number of rotatable bonds is 9. The molecule has 0 saturated heterocycles. The van der Waals surface area contributed by atoms with E-state index >= 15 is 0 Å². The molecule has 1 aromatic carbocycles. The number of benzene rings is 1. The van der Waals surface area contributed by atoms with Gasteiger partial charge in [0, 0.05) is 7.05 Å². The summed E-state index contributed by atoms with van der Waals surface area (Å²) >= 11 is 0. The van der Waals surface area contributed by atoms with E-state index in [9.17, 15) is 4.79 Å². The zero-order valence-corrected chi connectivity index (χ0v) is 15.8. The molecule has 5 nitrogen and oxygen atoms in total. The van der Waals surface area contributed by atoms with E-state index in [0.717, 1.165) is 12.8 Å². The average Bonchev–Trinajstić information content (AvgIpc) is 2.59. The van der Waals surface area contributed by atoms with Gasteiger partial charge in [-0.05, 0) is 51.8 Å². The van der Waals surface area contributed by atoms with Gasteiger partial charge in [0.2, 0.25) is 0 Å². The molecule has 1 aromatic rings. The van der Waals surface area contributed by atoms with E-state index in [1.807, 2.05) is 18.2 Å². The second-order valence-electron chi connectivity index (χ2n) is 5.88. The number of carbonyl (C=O) groups excluding carboxylic acids is 1. The molecule has 0 saturated carbocycles. The Kier molecular flexibility index (Phi) is 9.07. The second-order valence-corrected chi connectivity index (χ2v) is 5.88. The van der Waals surface area contributed by atoms with Gasteiger partial charge in [0.15, 0.2) is 5.71 Å². The van der Waals surface area contributed by atoms with Gasteiger partial charge in [0.05, 0.1) is 5.56 Å². The summed E-state index contributed by atoms with van der Waals surface area (Å²) in [5.74, 6) is 0.265. The summed E-state index contributed by atoms with van der Waals surface area (Å²) in [6, 6.07) is 7.29. The third kappa shape index (κ3) is 7.25. The minimum Gasteiger partial charge on any atom is -0.489 e. The van der Waals surface area contributed by atoms with Crippen LogP contribution in [0.2, 0.25) is 0 Å². The van der Waals surface area contributed by atoms with Crippen molar-refractivity contribution in [2.75, 3.05) is 20.8 Å². The number of likely N-dealkylation sites (N-methyl/N-ethyl adjacent to an activating group) is 1. The minimum absolute atomic E-state index is 0.185. The van der Waals surface area contributed by atoms with Gasteiger partial charge in [-0.25, -0.2) is 0 Å². The molecule has 0 unspecified atom stereocenters. The Labute approximate surface area is 150 Å². The lowest BCUT2D eigenvalue weighted by atomic mass is 10.1. The van der Waals surface area contributed by atoms with Crippen LogP contribution in [-0.2, 0) is 9.63 Å². The fourth-order valence-corrected chi connectivity index (χ4v) is 2.18. The summed E-state index contributed by atoms with van der Waals surface area (Å²) < 4.78 is 5.85. The lowest BCUT2D eigenvalue weighted by molar-refractivity contribution is -0.114. The Morgan fingerprint density at radius 1 is 1.20 bits per heavy atom. The normalized spacial score (nSPS) is 11.7. The quantitative estimate of drug-likeness (QED) is 0.420. The number of allylic oxidation sites excluding steroid dienone is 3. The van der Waals surface area contributed by atoms with Crippen LogP contribution in [0.3, 0.4) is 0 Å². The van der Waals surface area contributed by atoms with Crippen molar-refractivity contribution in [3.05, 3.63) is 53.1 Å². The van der Waals surface area contributed by atoms with Crippen molar-refractivity contribution in [3.63, 3.8) is 0 Å². The number of nitrogens with zero attached hydrogens (tertiary/aromatic N) is 1. The molecule has 1 rings (SSSR count). The van der Waals surface area contributed by atoms with Crippen LogP contribution in [0.25, 0.3) is 0 Å². The van der Waals surface area contributed by atoms with Gasteiger partial charge >= 0.3 is 0 Å². The van der Waals surface area contributed by atoms with Gasteiger partial charge in [-0.3, -0.25) is 4.79 Å². The van der Waals surface area contributed by atoms with Crippen molar-refractivity contribution in [2.24, 2.45) is 5.16 Å². The number of hydrogen-bond acceptors (Lipinski definition) is 4. The summed E-state index contributed by atoms with van der Waals surface area (Å²) in [6.45, 7) is 6.73. The first-order valence-electron chi connectivity index (χ1n) is 8.34. The van der Waals surface area contributed by atoms with Crippen molar-refractivity contribution in [1.29, 1.82) is 0 Å². The molecule has 0 aliphatic rings. The molecule has 0 bridgehead atoms. The lowest BCUT2D eigenvalue weighted by Gasteiger charge is -2.11. The zero-order valence-electron chi connectivity index (χ0n) is 15.8. The molecule has 0 aliphatic heterocycles. The van der Waals surface area contributed by atoms with E-state index in [0.29, 0.717) is 17.9 Å². The highest BCUT2D eigenvalue weighted by Gasteiger charge is 2.17. The summed E-state index contributed by atoms with van der Waals surface area (Å²) in [6.07, 6.45) is 6.32. The van der Waals surface area contributed by atoms with Crippen LogP contribution in [0.1, 0.15) is 39.2 Å².